The Balaban J connectivity index is 6.29. The summed E-state index contributed by atoms with van der Waals surface area (Å²) in [6, 6.07) is 0. The van der Waals surface area contributed by atoms with Crippen LogP contribution in [0.2, 0.25) is 0 Å². The van der Waals surface area contributed by atoms with E-state index >= 15 is 0 Å². The monoisotopic (exact) mass is 928 g/mol. The number of hydrogen-bond donors (Lipinski definition) is 0. The Bertz CT molecular complexity index is 1430. The third-order valence-corrected chi connectivity index (χ3v) is 5.24. The molecule has 0 fully saturated rings. The molecule has 0 aromatic rings. The average Bonchev–Trinajstić information content (AvgIpc) is 2.82. The first-order valence-electron chi connectivity index (χ1n) is 11.0. The third kappa shape index (κ3) is 11.8. The molecule has 0 heterocycles. The molecule has 0 radical (unpaired) electrons. The van der Waals surface area contributed by atoms with Crippen LogP contribution < -0.4 is 0 Å². The molecule has 332 valence electrons. The Morgan fingerprint density at radius 2 is 0.473 bits per heavy atom. The Morgan fingerprint density at radius 3 is 0.655 bits per heavy atom. The number of ether oxygens (including phenoxy) is 6. The van der Waals surface area contributed by atoms with Crippen molar-refractivity contribution >= 4 is 10.1 Å². The topological polar surface area (TPSA) is 98.8 Å². The van der Waals surface area contributed by atoms with Crippen molar-refractivity contribution in [3.63, 3.8) is 0 Å². The number of hydrogen-bond acceptors (Lipinski definition) is 9. The predicted octanol–water partition coefficient (Wildman–Crippen LogP) is 8.63. The summed E-state index contributed by atoms with van der Waals surface area (Å²) in [5.41, 5.74) is -6.70. The third-order valence-electron chi connectivity index (χ3n) is 4.25. The van der Waals surface area contributed by atoms with Gasteiger partial charge in [0.1, 0.15) is 0 Å². The molecule has 0 spiro atoms. The maximum absolute atomic E-state index is 13.5. The fourth-order valence-electron chi connectivity index (χ4n) is 1.89. The van der Waals surface area contributed by atoms with E-state index in [0.29, 0.717) is 0 Å². The van der Waals surface area contributed by atoms with Gasteiger partial charge in [-0.3, -0.25) is 4.18 Å². The Labute approximate surface area is 275 Å². The highest BCUT2D eigenvalue weighted by Crippen LogP contribution is 2.54. The molecule has 0 bridgehead atoms. The van der Waals surface area contributed by atoms with Gasteiger partial charge in [0.2, 0.25) is 0 Å². The van der Waals surface area contributed by atoms with Crippen LogP contribution in [0, 0.1) is 0 Å². The number of rotatable bonds is 20. The maximum Gasteiger partial charge on any atom is 0.523 e. The average molecular weight is 928 g/mol. The van der Waals surface area contributed by atoms with Crippen molar-refractivity contribution < 1.29 is 173 Å². The van der Waals surface area contributed by atoms with E-state index < -0.39 is 102 Å². The first kappa shape index (κ1) is 52.6. The molecule has 0 amide bonds. The van der Waals surface area contributed by atoms with E-state index in [1.165, 1.54) is 4.74 Å². The van der Waals surface area contributed by atoms with E-state index in [4.69, 9.17) is 0 Å². The summed E-state index contributed by atoms with van der Waals surface area (Å²) in [5, 5.41) is 0. The van der Waals surface area contributed by atoms with Crippen LogP contribution in [-0.2, 0) is 42.7 Å². The van der Waals surface area contributed by atoms with E-state index in [0.717, 1.165) is 18.9 Å². The van der Waals surface area contributed by atoms with Crippen LogP contribution in [0.3, 0.4) is 0 Å². The zero-order chi connectivity index (χ0) is 45.2. The molecule has 0 N–H and O–H groups in total. The fourth-order valence-corrected chi connectivity index (χ4v) is 2.31. The summed E-state index contributed by atoms with van der Waals surface area (Å²) in [6.07, 6.45) is -104. The van der Waals surface area contributed by atoms with Crippen LogP contribution in [-0.4, -0.2) is 100 Å². The lowest BCUT2D eigenvalue weighted by Gasteiger charge is -2.37. The molecule has 0 rings (SSSR count). The molecule has 0 aliphatic carbocycles. The lowest BCUT2D eigenvalue weighted by Crippen LogP contribution is -2.62. The van der Waals surface area contributed by atoms with Crippen LogP contribution in [0.25, 0.3) is 0 Å². The van der Waals surface area contributed by atoms with Crippen LogP contribution in [0.1, 0.15) is 0 Å². The van der Waals surface area contributed by atoms with E-state index in [1.54, 1.807) is 4.74 Å². The van der Waals surface area contributed by atoms with Crippen LogP contribution >= 0.6 is 0 Å². The molecular formula is C15H2F30O9S. The van der Waals surface area contributed by atoms with Crippen molar-refractivity contribution in [3.8, 4) is 0 Å². The minimum atomic E-state index is -8.39. The molecule has 40 heteroatoms. The summed E-state index contributed by atoms with van der Waals surface area (Å²) in [5.74, 6) is 0. The molecule has 0 atom stereocenters. The molecule has 9 nitrogen and oxygen atoms in total. The van der Waals surface area contributed by atoms with Crippen molar-refractivity contribution in [1.29, 1.82) is 0 Å². The molecule has 0 unspecified atom stereocenters. The largest absolute Gasteiger partial charge is 0.523 e. The van der Waals surface area contributed by atoms with Crippen molar-refractivity contribution in [2.45, 2.75) is 85.0 Å². The molecule has 55 heavy (non-hydrogen) atoms. The van der Waals surface area contributed by atoms with Gasteiger partial charge in [-0.15, -0.1) is 0 Å². The second-order valence-corrected chi connectivity index (χ2v) is 10.2. The number of alkyl halides is 30. The summed E-state index contributed by atoms with van der Waals surface area (Å²) in [7, 11) is -7.27. The Hall–Kier alpha value is -2.43. The summed E-state index contributed by atoms with van der Waals surface area (Å²) in [6.45, 7) is -3.78. The zero-order valence-corrected chi connectivity index (χ0v) is 23.9. The first-order valence-corrected chi connectivity index (χ1v) is 12.4. The van der Waals surface area contributed by atoms with E-state index in [1.807, 2.05) is 0 Å². The van der Waals surface area contributed by atoms with Gasteiger partial charge >= 0.3 is 95.1 Å². The van der Waals surface area contributed by atoms with Gasteiger partial charge in [-0.05, 0) is 0 Å². The van der Waals surface area contributed by atoms with Crippen LogP contribution in [0.4, 0.5) is 132 Å². The Morgan fingerprint density at radius 1 is 0.291 bits per heavy atom. The predicted molar refractivity (Wildman–Crippen MR) is 92.9 cm³/mol. The molecule has 0 aromatic carbocycles. The van der Waals surface area contributed by atoms with Gasteiger partial charge in [-0.2, -0.15) is 140 Å². The molecule has 0 saturated heterocycles. The lowest BCUT2D eigenvalue weighted by atomic mass is 10.4. The summed E-state index contributed by atoms with van der Waals surface area (Å²) in [4.78, 5) is 0. The van der Waals surface area contributed by atoms with Gasteiger partial charge in [0.25, 0.3) is 0 Å². The second kappa shape index (κ2) is 14.4. The molecule has 0 aromatic heterocycles. The first-order chi connectivity index (χ1) is 23.2. The van der Waals surface area contributed by atoms with Crippen LogP contribution in [0.15, 0.2) is 0 Å². The van der Waals surface area contributed by atoms with Gasteiger partial charge in [0.15, 0.2) is 6.61 Å². The van der Waals surface area contributed by atoms with Crippen molar-refractivity contribution in [1.82, 2.24) is 0 Å². The van der Waals surface area contributed by atoms with E-state index in [-0.39, 0.29) is 0 Å². The molecule has 0 aliphatic rings. The smallest absolute Gasteiger partial charge is 0.254 e. The summed E-state index contributed by atoms with van der Waals surface area (Å²) >= 11 is 0. The SMILES string of the molecule is O=S(=O)(OCC(F)(F)OC(F)(F)C(F)(F)OC(F)(F)C(F)(F)OC(F)(F)C(F)(F)OC(F)(F)C(F)(F)OC(F)(F)C(F)(F)OC(F)(F)C(F)(F)F)C(F)(F)F. The normalized spacial score (nSPS) is 16.5. The quantitative estimate of drug-likeness (QED) is 0.0676. The molecular weight excluding hydrogens is 926 g/mol. The van der Waals surface area contributed by atoms with Gasteiger partial charge in [-0.25, -0.2) is 28.4 Å². The number of halogens is 30. The van der Waals surface area contributed by atoms with Gasteiger partial charge in [0, 0.05) is 0 Å². The summed E-state index contributed by atoms with van der Waals surface area (Å²) < 4.78 is 420. The minimum absolute atomic E-state index is 1.03. The highest BCUT2D eigenvalue weighted by atomic mass is 32.2. The highest BCUT2D eigenvalue weighted by molar-refractivity contribution is 7.87. The Kier molecular flexibility index (Phi) is 13.8. The van der Waals surface area contributed by atoms with Crippen molar-refractivity contribution in [3.05, 3.63) is 0 Å². The van der Waals surface area contributed by atoms with Crippen LogP contribution in [0.5, 0.6) is 0 Å². The van der Waals surface area contributed by atoms with Crippen molar-refractivity contribution in [2.75, 3.05) is 6.61 Å². The van der Waals surface area contributed by atoms with E-state index in [9.17, 15) is 140 Å². The molecule has 0 aliphatic heterocycles. The van der Waals surface area contributed by atoms with Gasteiger partial charge < -0.3 is 0 Å². The maximum atomic E-state index is 13.5. The van der Waals surface area contributed by atoms with Gasteiger partial charge in [0.05, 0.1) is 0 Å². The lowest BCUT2D eigenvalue weighted by molar-refractivity contribution is -0.595. The fraction of sp³-hybridized carbons (Fsp3) is 1.00. The van der Waals surface area contributed by atoms with Crippen molar-refractivity contribution in [2.24, 2.45) is 0 Å². The second-order valence-electron chi connectivity index (χ2n) is 8.59. The zero-order valence-electron chi connectivity index (χ0n) is 23.1. The standard InChI is InChI=1S/C15H2F30O9S/c16-2(17,1-48-55(46,47)15(43,44)45)49-5(23,24)6(25,26)51-9(31,32)10(33,34)53-13(39,40)14(41,42)54-12(37,38)11(35,36)52-8(29,30)7(27,28)50-4(21,22)3(18,19)20/h1H2. The van der Waals surface area contributed by atoms with E-state index in [2.05, 4.69) is 4.18 Å². The minimum Gasteiger partial charge on any atom is -0.254 e. The highest BCUT2D eigenvalue weighted by Gasteiger charge is 2.80. The van der Waals surface area contributed by atoms with Gasteiger partial charge in [-0.1, -0.05) is 0 Å². The molecule has 0 saturated carbocycles.